The largest absolute Gasteiger partial charge is 0.351 e. The van der Waals surface area contributed by atoms with E-state index < -0.39 is 0 Å². The van der Waals surface area contributed by atoms with E-state index in [1.807, 2.05) is 0 Å². The maximum absolute atomic E-state index is 13.2. The number of carbonyl (C=O) groups excluding carboxylic acids is 1. The molecule has 0 unspecified atom stereocenters. The Kier molecular flexibility index (Phi) is 4.95. The second kappa shape index (κ2) is 6.70. The lowest BCUT2D eigenvalue weighted by Crippen LogP contribution is -2.26. The highest BCUT2D eigenvalue weighted by Crippen LogP contribution is 2.19. The number of hydrogen-bond donors (Lipinski definition) is 1. The van der Waals surface area contributed by atoms with Crippen LogP contribution in [0.3, 0.4) is 0 Å². The Balaban J connectivity index is 2.26. The van der Waals surface area contributed by atoms with E-state index in [0.29, 0.717) is 28.7 Å². The van der Waals surface area contributed by atoms with Crippen molar-refractivity contribution >= 4 is 28.6 Å². The highest BCUT2D eigenvalue weighted by atomic mass is 32.2. The number of halogens is 1. The van der Waals surface area contributed by atoms with Gasteiger partial charge in [0.15, 0.2) is 0 Å². The van der Waals surface area contributed by atoms with E-state index >= 15 is 0 Å². The first-order valence-corrected chi connectivity index (χ1v) is 7.70. The molecule has 5 heteroatoms. The van der Waals surface area contributed by atoms with Gasteiger partial charge in [0, 0.05) is 29.4 Å². The fourth-order valence-corrected chi connectivity index (χ4v) is 2.53. The Labute approximate surface area is 122 Å². The van der Waals surface area contributed by atoms with Crippen molar-refractivity contribution in [2.75, 3.05) is 18.1 Å². The highest BCUT2D eigenvalue weighted by Gasteiger charge is 2.12. The minimum atomic E-state index is -0.346. The first-order valence-electron chi connectivity index (χ1n) is 6.54. The minimum absolute atomic E-state index is 0.135. The zero-order valence-corrected chi connectivity index (χ0v) is 12.4. The van der Waals surface area contributed by atoms with Crippen LogP contribution >= 0.6 is 11.8 Å². The molecule has 2 rings (SSSR count). The molecule has 3 nitrogen and oxygen atoms in total. The zero-order chi connectivity index (χ0) is 14.5. The van der Waals surface area contributed by atoms with Gasteiger partial charge < -0.3 is 5.32 Å². The summed E-state index contributed by atoms with van der Waals surface area (Å²) in [4.78, 5) is 16.5. The lowest BCUT2D eigenvalue weighted by molar-refractivity contribution is 0.0957. The third-order valence-corrected chi connectivity index (χ3v) is 3.78. The van der Waals surface area contributed by atoms with Gasteiger partial charge in [-0.05, 0) is 30.9 Å². The maximum Gasteiger partial charge on any atom is 0.252 e. The van der Waals surface area contributed by atoms with Crippen molar-refractivity contribution in [1.29, 1.82) is 0 Å². The summed E-state index contributed by atoms with van der Waals surface area (Å²) in [6, 6.07) is 6.05. The molecule has 2 aromatic rings. The normalized spacial score (nSPS) is 10.8. The van der Waals surface area contributed by atoms with Crippen LogP contribution in [0, 0.1) is 12.7 Å². The molecular weight excluding hydrogens is 275 g/mol. The fraction of sp³-hybridized carbons (Fsp3) is 0.333. The molecule has 0 aliphatic heterocycles. The van der Waals surface area contributed by atoms with E-state index in [1.54, 1.807) is 30.8 Å². The zero-order valence-electron chi connectivity index (χ0n) is 11.6. The number of nitrogens with zero attached hydrogens (tertiary/aromatic N) is 1. The summed E-state index contributed by atoms with van der Waals surface area (Å²) in [7, 11) is 0. The van der Waals surface area contributed by atoms with Gasteiger partial charge in [0.2, 0.25) is 0 Å². The Morgan fingerprint density at radius 2 is 2.20 bits per heavy atom. The molecule has 0 spiro atoms. The van der Waals surface area contributed by atoms with Gasteiger partial charge in [0.25, 0.3) is 5.91 Å². The van der Waals surface area contributed by atoms with Crippen LogP contribution in [-0.4, -0.2) is 28.9 Å². The molecule has 0 fully saturated rings. The van der Waals surface area contributed by atoms with Crippen LogP contribution in [0.4, 0.5) is 4.39 Å². The van der Waals surface area contributed by atoms with E-state index in [0.717, 1.165) is 11.5 Å². The average Bonchev–Trinajstić information content (AvgIpc) is 2.42. The number of nitrogens with one attached hydrogen (secondary N) is 1. The summed E-state index contributed by atoms with van der Waals surface area (Å²) in [6.07, 6.45) is 0. The predicted octanol–water partition coefficient (Wildman–Crippen LogP) is 3.17. The number of aryl methyl sites for hydroxylation is 1. The summed E-state index contributed by atoms with van der Waals surface area (Å²) in [5.74, 6) is 1.44. The van der Waals surface area contributed by atoms with Crippen LogP contribution in [0.25, 0.3) is 10.9 Å². The smallest absolute Gasteiger partial charge is 0.252 e. The van der Waals surface area contributed by atoms with Crippen LogP contribution in [0.5, 0.6) is 0 Å². The van der Waals surface area contributed by atoms with Crippen LogP contribution in [0.15, 0.2) is 24.3 Å². The van der Waals surface area contributed by atoms with Crippen molar-refractivity contribution in [3.63, 3.8) is 0 Å². The molecule has 0 aliphatic carbocycles. The first-order chi connectivity index (χ1) is 9.61. The van der Waals surface area contributed by atoms with Crippen molar-refractivity contribution in [1.82, 2.24) is 10.3 Å². The molecule has 0 atom stereocenters. The third kappa shape index (κ3) is 3.48. The number of aromatic nitrogens is 1. The number of pyridine rings is 1. The molecule has 106 valence electrons. The highest BCUT2D eigenvalue weighted by molar-refractivity contribution is 7.99. The van der Waals surface area contributed by atoms with Gasteiger partial charge in [-0.25, -0.2) is 4.39 Å². The van der Waals surface area contributed by atoms with Crippen molar-refractivity contribution < 1.29 is 9.18 Å². The molecule has 0 saturated carbocycles. The van der Waals surface area contributed by atoms with Crippen LogP contribution < -0.4 is 5.32 Å². The van der Waals surface area contributed by atoms with Crippen molar-refractivity contribution in [3.8, 4) is 0 Å². The van der Waals surface area contributed by atoms with E-state index in [-0.39, 0.29) is 11.7 Å². The molecule has 1 heterocycles. The Morgan fingerprint density at radius 1 is 1.40 bits per heavy atom. The van der Waals surface area contributed by atoms with Gasteiger partial charge in [0.05, 0.1) is 11.1 Å². The summed E-state index contributed by atoms with van der Waals surface area (Å²) in [5, 5.41) is 3.56. The summed E-state index contributed by atoms with van der Waals surface area (Å²) in [6.45, 7) is 4.51. The average molecular weight is 292 g/mol. The molecule has 20 heavy (non-hydrogen) atoms. The Hall–Kier alpha value is -1.62. The third-order valence-electron chi connectivity index (χ3n) is 2.88. The van der Waals surface area contributed by atoms with Crippen LogP contribution in [-0.2, 0) is 0 Å². The lowest BCUT2D eigenvalue weighted by atomic mass is 10.1. The Bertz CT molecular complexity index is 625. The van der Waals surface area contributed by atoms with Gasteiger partial charge >= 0.3 is 0 Å². The molecular formula is C15H17FN2OS. The first kappa shape index (κ1) is 14.8. The van der Waals surface area contributed by atoms with E-state index in [4.69, 9.17) is 0 Å². The predicted molar refractivity (Wildman–Crippen MR) is 81.8 cm³/mol. The summed E-state index contributed by atoms with van der Waals surface area (Å²) in [5.41, 5.74) is 1.77. The Morgan fingerprint density at radius 3 is 2.95 bits per heavy atom. The van der Waals surface area contributed by atoms with Crippen LogP contribution in [0.1, 0.15) is 23.0 Å². The monoisotopic (exact) mass is 292 g/mol. The lowest BCUT2D eigenvalue weighted by Gasteiger charge is -2.09. The van der Waals surface area contributed by atoms with E-state index in [2.05, 4.69) is 17.2 Å². The van der Waals surface area contributed by atoms with Crippen LogP contribution in [0.2, 0.25) is 0 Å². The summed E-state index contributed by atoms with van der Waals surface area (Å²) < 4.78 is 13.2. The minimum Gasteiger partial charge on any atom is -0.351 e. The van der Waals surface area contributed by atoms with Gasteiger partial charge in [-0.1, -0.05) is 6.92 Å². The van der Waals surface area contributed by atoms with Crippen molar-refractivity contribution in [3.05, 3.63) is 41.3 Å². The molecule has 1 amide bonds. The quantitative estimate of drug-likeness (QED) is 0.861. The van der Waals surface area contributed by atoms with Gasteiger partial charge in [0.1, 0.15) is 5.82 Å². The molecule has 0 saturated heterocycles. The fourth-order valence-electron chi connectivity index (χ4n) is 2.00. The SMILES string of the molecule is CCSCCNC(=O)c1cc(C)nc2cc(F)ccc12. The van der Waals surface area contributed by atoms with Gasteiger partial charge in [-0.3, -0.25) is 9.78 Å². The number of carbonyl (C=O) groups is 1. The summed E-state index contributed by atoms with van der Waals surface area (Å²) >= 11 is 1.78. The standard InChI is InChI=1S/C15H17FN2OS/c1-3-20-7-6-17-15(19)13-8-10(2)18-14-9-11(16)4-5-12(13)14/h4-5,8-9H,3,6-7H2,1-2H3,(H,17,19). The number of hydrogen-bond acceptors (Lipinski definition) is 3. The van der Waals surface area contributed by atoms with E-state index in [1.165, 1.54) is 12.1 Å². The van der Waals surface area contributed by atoms with Gasteiger partial charge in [-0.15, -0.1) is 0 Å². The topological polar surface area (TPSA) is 42.0 Å². The number of benzene rings is 1. The van der Waals surface area contributed by atoms with E-state index in [9.17, 15) is 9.18 Å². The molecule has 1 N–H and O–H groups in total. The molecule has 1 aromatic heterocycles. The van der Waals surface area contributed by atoms with Crippen molar-refractivity contribution in [2.45, 2.75) is 13.8 Å². The molecule has 1 aromatic carbocycles. The number of thioether (sulfide) groups is 1. The maximum atomic E-state index is 13.2. The second-order valence-electron chi connectivity index (χ2n) is 4.43. The number of rotatable bonds is 5. The van der Waals surface area contributed by atoms with Crippen molar-refractivity contribution in [2.24, 2.45) is 0 Å². The van der Waals surface area contributed by atoms with Gasteiger partial charge in [-0.2, -0.15) is 11.8 Å². The molecule has 0 bridgehead atoms. The number of fused-ring (bicyclic) bond motifs is 1. The second-order valence-corrected chi connectivity index (χ2v) is 5.82. The molecule has 0 radical (unpaired) electrons. The number of amides is 1. The molecule has 0 aliphatic rings.